The molecule has 106 valence electrons. The zero-order valence-corrected chi connectivity index (χ0v) is 12.8. The van der Waals surface area contributed by atoms with Crippen molar-refractivity contribution in [1.29, 1.82) is 0 Å². The fourth-order valence-corrected chi connectivity index (χ4v) is 3.11. The lowest BCUT2D eigenvalue weighted by Crippen LogP contribution is -2.44. The van der Waals surface area contributed by atoms with Crippen LogP contribution < -0.4 is 10.6 Å². The summed E-state index contributed by atoms with van der Waals surface area (Å²) < 4.78 is 0. The number of guanidine groups is 1. The van der Waals surface area contributed by atoms with Crippen LogP contribution in [0.2, 0.25) is 0 Å². The number of rotatable bonds is 4. The van der Waals surface area contributed by atoms with Crippen molar-refractivity contribution in [2.75, 3.05) is 6.54 Å². The Morgan fingerprint density at radius 1 is 1.37 bits per heavy atom. The van der Waals surface area contributed by atoms with Crippen LogP contribution in [0, 0.1) is 5.92 Å². The topological polar surface area (TPSA) is 36.4 Å². The van der Waals surface area contributed by atoms with Gasteiger partial charge in [-0.2, -0.15) is 0 Å². The van der Waals surface area contributed by atoms with Gasteiger partial charge in [-0.3, -0.25) is 0 Å². The highest BCUT2D eigenvalue weighted by atomic mass is 32.1. The molecule has 1 aliphatic carbocycles. The summed E-state index contributed by atoms with van der Waals surface area (Å²) in [5.74, 6) is 1.86. The summed E-state index contributed by atoms with van der Waals surface area (Å²) >= 11 is 1.77. The van der Waals surface area contributed by atoms with E-state index in [0.717, 1.165) is 25.0 Å². The van der Waals surface area contributed by atoms with E-state index in [9.17, 15) is 0 Å². The molecule has 0 bridgehead atoms. The number of aliphatic imine (C=N–C) groups is 1. The average Bonchev–Trinajstić information content (AvgIpc) is 2.92. The number of hydrogen-bond donors (Lipinski definition) is 2. The highest BCUT2D eigenvalue weighted by Crippen LogP contribution is 2.23. The molecule has 19 heavy (non-hydrogen) atoms. The molecule has 0 aromatic carbocycles. The van der Waals surface area contributed by atoms with Gasteiger partial charge in [0.05, 0.1) is 6.54 Å². The molecule has 0 saturated heterocycles. The number of nitrogens with one attached hydrogen (secondary N) is 2. The fraction of sp³-hybridized carbons (Fsp3) is 0.667. The largest absolute Gasteiger partial charge is 0.357 e. The van der Waals surface area contributed by atoms with Gasteiger partial charge in [0.2, 0.25) is 0 Å². The molecular weight excluding hydrogens is 254 g/mol. The van der Waals surface area contributed by atoms with Gasteiger partial charge in [0.15, 0.2) is 5.96 Å². The van der Waals surface area contributed by atoms with E-state index < -0.39 is 0 Å². The van der Waals surface area contributed by atoms with Crippen molar-refractivity contribution in [2.24, 2.45) is 10.9 Å². The predicted molar refractivity (Wildman–Crippen MR) is 83.7 cm³/mol. The first-order valence-corrected chi connectivity index (χ1v) is 8.23. The maximum absolute atomic E-state index is 4.67. The Kier molecular flexibility index (Phi) is 5.70. The first-order chi connectivity index (χ1) is 9.28. The Hall–Kier alpha value is -1.03. The van der Waals surface area contributed by atoms with E-state index >= 15 is 0 Å². The molecule has 2 rings (SSSR count). The van der Waals surface area contributed by atoms with Crippen molar-refractivity contribution < 1.29 is 0 Å². The van der Waals surface area contributed by atoms with Crippen LogP contribution in [0.3, 0.4) is 0 Å². The molecule has 2 N–H and O–H groups in total. The molecule has 1 fully saturated rings. The lowest BCUT2D eigenvalue weighted by Gasteiger charge is -2.28. The highest BCUT2D eigenvalue weighted by molar-refractivity contribution is 7.09. The van der Waals surface area contributed by atoms with Gasteiger partial charge in [-0.05, 0) is 50.0 Å². The van der Waals surface area contributed by atoms with Crippen LogP contribution in [-0.2, 0) is 6.54 Å². The zero-order valence-electron chi connectivity index (χ0n) is 12.0. The van der Waals surface area contributed by atoms with E-state index in [-0.39, 0.29) is 0 Å². The summed E-state index contributed by atoms with van der Waals surface area (Å²) in [5.41, 5.74) is 0. The summed E-state index contributed by atoms with van der Waals surface area (Å²) in [5, 5.41) is 9.04. The summed E-state index contributed by atoms with van der Waals surface area (Å²) in [6, 6.07) is 4.82. The van der Waals surface area contributed by atoms with Crippen LogP contribution in [0.15, 0.2) is 22.5 Å². The third-order valence-corrected chi connectivity index (χ3v) is 4.54. The molecule has 0 amide bonds. The quantitative estimate of drug-likeness (QED) is 0.655. The highest BCUT2D eigenvalue weighted by Gasteiger charge is 2.18. The van der Waals surface area contributed by atoms with Crippen LogP contribution in [0.4, 0.5) is 0 Å². The molecule has 0 aliphatic heterocycles. The van der Waals surface area contributed by atoms with E-state index in [4.69, 9.17) is 0 Å². The van der Waals surface area contributed by atoms with Crippen LogP contribution >= 0.6 is 11.3 Å². The van der Waals surface area contributed by atoms with Crippen LogP contribution in [-0.4, -0.2) is 18.5 Å². The molecule has 0 radical (unpaired) electrons. The first kappa shape index (κ1) is 14.4. The molecule has 1 saturated carbocycles. The lowest BCUT2D eigenvalue weighted by atomic mass is 9.87. The molecule has 3 nitrogen and oxygen atoms in total. The van der Waals surface area contributed by atoms with Gasteiger partial charge in [-0.15, -0.1) is 11.3 Å². The van der Waals surface area contributed by atoms with Gasteiger partial charge >= 0.3 is 0 Å². The normalized spacial score (nSPS) is 24.2. The molecule has 4 heteroatoms. The van der Waals surface area contributed by atoms with Crippen molar-refractivity contribution in [2.45, 2.75) is 52.1 Å². The number of thiophene rings is 1. The van der Waals surface area contributed by atoms with Crippen molar-refractivity contribution in [3.8, 4) is 0 Å². The van der Waals surface area contributed by atoms with E-state index in [1.54, 1.807) is 11.3 Å². The standard InChI is InChI=1S/C15H25N3S/c1-3-16-15(17-11-14-5-4-10-19-14)18-13-8-6-12(2)7-9-13/h4-5,10,12-13H,3,6-9,11H2,1-2H3,(H2,16,17,18). The number of hydrogen-bond acceptors (Lipinski definition) is 2. The summed E-state index contributed by atoms with van der Waals surface area (Å²) in [4.78, 5) is 5.99. The van der Waals surface area contributed by atoms with Crippen molar-refractivity contribution >= 4 is 17.3 Å². The molecule has 1 aliphatic rings. The zero-order chi connectivity index (χ0) is 13.5. The molecule has 0 unspecified atom stereocenters. The Morgan fingerprint density at radius 3 is 2.79 bits per heavy atom. The van der Waals surface area contributed by atoms with E-state index in [1.165, 1.54) is 30.6 Å². The Bertz CT molecular complexity index is 378. The molecule has 1 heterocycles. The van der Waals surface area contributed by atoms with Gasteiger partial charge in [-0.25, -0.2) is 4.99 Å². The van der Waals surface area contributed by atoms with Crippen molar-refractivity contribution in [3.63, 3.8) is 0 Å². The van der Waals surface area contributed by atoms with Gasteiger partial charge in [-0.1, -0.05) is 13.0 Å². The summed E-state index contributed by atoms with van der Waals surface area (Å²) in [6.07, 6.45) is 5.21. The van der Waals surface area contributed by atoms with E-state index in [1.807, 2.05) is 0 Å². The average molecular weight is 279 g/mol. The second kappa shape index (κ2) is 7.53. The molecule has 1 aromatic rings. The summed E-state index contributed by atoms with van der Waals surface area (Å²) in [7, 11) is 0. The van der Waals surface area contributed by atoms with E-state index in [2.05, 4.69) is 47.0 Å². The minimum Gasteiger partial charge on any atom is -0.357 e. The van der Waals surface area contributed by atoms with Crippen LogP contribution in [0.5, 0.6) is 0 Å². The minimum atomic E-state index is 0.595. The van der Waals surface area contributed by atoms with Crippen molar-refractivity contribution in [3.05, 3.63) is 22.4 Å². The second-order valence-electron chi connectivity index (χ2n) is 5.38. The third kappa shape index (κ3) is 4.86. The maximum atomic E-state index is 4.67. The first-order valence-electron chi connectivity index (χ1n) is 7.35. The number of nitrogens with zero attached hydrogens (tertiary/aromatic N) is 1. The molecular formula is C15H25N3S. The van der Waals surface area contributed by atoms with Gasteiger partial charge in [0.25, 0.3) is 0 Å². The molecule has 0 spiro atoms. The van der Waals surface area contributed by atoms with Crippen molar-refractivity contribution in [1.82, 2.24) is 10.6 Å². The molecule has 0 atom stereocenters. The van der Waals surface area contributed by atoms with Gasteiger partial charge < -0.3 is 10.6 Å². The maximum Gasteiger partial charge on any atom is 0.191 e. The van der Waals surface area contributed by atoms with Gasteiger partial charge in [0, 0.05) is 17.5 Å². The summed E-state index contributed by atoms with van der Waals surface area (Å²) in [6.45, 7) is 6.16. The monoisotopic (exact) mass is 279 g/mol. The Balaban J connectivity index is 1.86. The van der Waals surface area contributed by atoms with Crippen LogP contribution in [0.25, 0.3) is 0 Å². The minimum absolute atomic E-state index is 0.595. The Morgan fingerprint density at radius 2 is 2.16 bits per heavy atom. The fourth-order valence-electron chi connectivity index (χ4n) is 2.48. The SMILES string of the molecule is CCNC(=NCc1cccs1)NC1CCC(C)CC1. The van der Waals surface area contributed by atoms with E-state index in [0.29, 0.717) is 6.04 Å². The smallest absolute Gasteiger partial charge is 0.191 e. The third-order valence-electron chi connectivity index (χ3n) is 3.67. The molecule has 1 aromatic heterocycles. The predicted octanol–water partition coefficient (Wildman–Crippen LogP) is 3.38. The second-order valence-corrected chi connectivity index (χ2v) is 6.41. The van der Waals surface area contributed by atoms with Crippen LogP contribution in [0.1, 0.15) is 44.4 Å². The Labute approximate surface area is 120 Å². The lowest BCUT2D eigenvalue weighted by molar-refractivity contribution is 0.329. The van der Waals surface area contributed by atoms with Gasteiger partial charge in [0.1, 0.15) is 0 Å².